The quantitative estimate of drug-likeness (QED) is 0.631. The van der Waals surface area contributed by atoms with Crippen molar-refractivity contribution in [3.8, 4) is 6.07 Å². The van der Waals surface area contributed by atoms with Gasteiger partial charge in [0.15, 0.2) is 11.7 Å². The number of nitriles is 1. The number of thiophene rings is 1. The van der Waals surface area contributed by atoms with Gasteiger partial charge in [0.25, 0.3) is 0 Å². The summed E-state index contributed by atoms with van der Waals surface area (Å²) in [5.41, 5.74) is 0. The largest absolute Gasteiger partial charge is 0.339 e. The Balaban J connectivity index is 2.13. The maximum Gasteiger partial charge on any atom is 0.248 e. The number of hydrogen-bond donors (Lipinski definition) is 0. The van der Waals surface area contributed by atoms with Crippen LogP contribution in [0.25, 0.3) is 0 Å². The van der Waals surface area contributed by atoms with Gasteiger partial charge < -0.3 is 4.90 Å². The Labute approximate surface area is 120 Å². The fraction of sp³-hybridized carbons (Fsp3) is 0.462. The van der Waals surface area contributed by atoms with Crippen molar-refractivity contribution in [2.75, 3.05) is 24.6 Å². The molecule has 1 aromatic heterocycles. The van der Waals surface area contributed by atoms with Crippen LogP contribution in [-0.2, 0) is 4.79 Å². The maximum atomic E-state index is 12.2. The first kappa shape index (κ1) is 14.1. The van der Waals surface area contributed by atoms with Crippen molar-refractivity contribution in [3.05, 3.63) is 21.9 Å². The minimum atomic E-state index is -1.19. The van der Waals surface area contributed by atoms with E-state index in [9.17, 15) is 9.59 Å². The summed E-state index contributed by atoms with van der Waals surface area (Å²) in [5, 5.41) is 9.15. The lowest BCUT2D eigenvalue weighted by atomic mass is 10.0. The molecule has 0 aromatic carbocycles. The van der Waals surface area contributed by atoms with Gasteiger partial charge in [-0.1, -0.05) is 0 Å². The van der Waals surface area contributed by atoms with Gasteiger partial charge in [-0.15, -0.1) is 11.3 Å². The number of ketones is 1. The molecule has 0 saturated carbocycles. The Hall–Kier alpha value is -1.32. The zero-order valence-corrected chi connectivity index (χ0v) is 12.2. The molecule has 1 aliphatic heterocycles. The summed E-state index contributed by atoms with van der Waals surface area (Å²) in [6, 6.07) is 5.38. The van der Waals surface area contributed by atoms with Gasteiger partial charge in [0.2, 0.25) is 5.91 Å². The topological polar surface area (TPSA) is 61.2 Å². The Bertz CT molecular complexity index is 527. The SMILES string of the molecule is Cc1ccc(C(=O)C(C#N)C(=O)N2CCSCC2)s1. The van der Waals surface area contributed by atoms with Gasteiger partial charge in [0, 0.05) is 29.5 Å². The number of amides is 1. The summed E-state index contributed by atoms with van der Waals surface area (Å²) in [6.07, 6.45) is 0. The molecule has 0 aliphatic carbocycles. The maximum absolute atomic E-state index is 12.2. The highest BCUT2D eigenvalue weighted by molar-refractivity contribution is 7.99. The number of Topliss-reactive ketones (excluding diaryl/α,β-unsaturated/α-hetero) is 1. The lowest BCUT2D eigenvalue weighted by Gasteiger charge is -2.27. The molecular weight excluding hydrogens is 280 g/mol. The molecule has 1 atom stereocenters. The van der Waals surface area contributed by atoms with Crippen LogP contribution in [0.4, 0.5) is 0 Å². The van der Waals surface area contributed by atoms with Gasteiger partial charge in [-0.05, 0) is 19.1 Å². The van der Waals surface area contributed by atoms with Crippen LogP contribution in [-0.4, -0.2) is 41.2 Å². The summed E-state index contributed by atoms with van der Waals surface area (Å²) in [5.74, 6) is -0.171. The summed E-state index contributed by atoms with van der Waals surface area (Å²) >= 11 is 3.11. The first-order chi connectivity index (χ1) is 9.13. The van der Waals surface area contributed by atoms with Crippen molar-refractivity contribution in [3.63, 3.8) is 0 Å². The Kier molecular flexibility index (Phi) is 4.61. The van der Waals surface area contributed by atoms with E-state index >= 15 is 0 Å². The lowest BCUT2D eigenvalue weighted by molar-refractivity contribution is -0.132. The molecule has 1 amide bonds. The van der Waals surface area contributed by atoms with Crippen molar-refractivity contribution in [2.45, 2.75) is 6.92 Å². The van der Waals surface area contributed by atoms with Crippen molar-refractivity contribution in [2.24, 2.45) is 5.92 Å². The minimum Gasteiger partial charge on any atom is -0.339 e. The number of rotatable bonds is 3. The van der Waals surface area contributed by atoms with Gasteiger partial charge in [0.1, 0.15) is 0 Å². The molecule has 2 rings (SSSR count). The van der Waals surface area contributed by atoms with Crippen LogP contribution >= 0.6 is 23.1 Å². The first-order valence-electron chi connectivity index (χ1n) is 6.00. The molecule has 100 valence electrons. The average Bonchev–Trinajstić information content (AvgIpc) is 2.87. The molecule has 0 bridgehead atoms. The van der Waals surface area contributed by atoms with Gasteiger partial charge >= 0.3 is 0 Å². The zero-order valence-electron chi connectivity index (χ0n) is 10.6. The minimum absolute atomic E-state index is 0.348. The van der Waals surface area contributed by atoms with E-state index in [1.165, 1.54) is 11.3 Å². The Morgan fingerprint density at radius 2 is 2.05 bits per heavy atom. The lowest BCUT2D eigenvalue weighted by Crippen LogP contribution is -2.43. The van der Waals surface area contributed by atoms with Crippen molar-refractivity contribution in [1.82, 2.24) is 4.90 Å². The highest BCUT2D eigenvalue weighted by Gasteiger charge is 2.32. The molecular formula is C13H14N2O2S2. The van der Waals surface area contributed by atoms with E-state index in [0.29, 0.717) is 18.0 Å². The summed E-state index contributed by atoms with van der Waals surface area (Å²) in [7, 11) is 0. The van der Waals surface area contributed by atoms with E-state index in [0.717, 1.165) is 16.4 Å². The second kappa shape index (κ2) is 6.22. The summed E-state index contributed by atoms with van der Waals surface area (Å²) in [6.45, 7) is 3.14. The van der Waals surface area contributed by atoms with E-state index in [1.54, 1.807) is 22.7 Å². The van der Waals surface area contributed by atoms with Gasteiger partial charge in [-0.25, -0.2) is 0 Å². The molecule has 1 saturated heterocycles. The van der Waals surface area contributed by atoms with E-state index in [2.05, 4.69) is 0 Å². The van der Waals surface area contributed by atoms with Crippen LogP contribution in [0.1, 0.15) is 14.5 Å². The monoisotopic (exact) mass is 294 g/mol. The zero-order chi connectivity index (χ0) is 13.8. The molecule has 1 aromatic rings. The molecule has 4 nitrogen and oxygen atoms in total. The van der Waals surface area contributed by atoms with Gasteiger partial charge in [0.05, 0.1) is 10.9 Å². The van der Waals surface area contributed by atoms with Crippen LogP contribution in [0.3, 0.4) is 0 Å². The predicted molar refractivity (Wildman–Crippen MR) is 76.4 cm³/mol. The molecule has 0 N–H and O–H groups in total. The normalized spacial score (nSPS) is 16.7. The van der Waals surface area contributed by atoms with E-state index in [-0.39, 0.29) is 11.7 Å². The molecule has 1 unspecified atom stereocenters. The highest BCUT2D eigenvalue weighted by atomic mass is 32.2. The fourth-order valence-corrected chi connectivity index (χ4v) is 3.64. The number of carbonyl (C=O) groups is 2. The van der Waals surface area contributed by atoms with Crippen LogP contribution in [0.2, 0.25) is 0 Å². The summed E-state index contributed by atoms with van der Waals surface area (Å²) in [4.78, 5) is 27.6. The number of hydrogen-bond acceptors (Lipinski definition) is 5. The first-order valence-corrected chi connectivity index (χ1v) is 7.97. The number of thioether (sulfide) groups is 1. The van der Waals surface area contributed by atoms with Crippen molar-refractivity contribution >= 4 is 34.8 Å². The van der Waals surface area contributed by atoms with Gasteiger partial charge in [-0.3, -0.25) is 9.59 Å². The number of carbonyl (C=O) groups excluding carboxylic acids is 2. The fourth-order valence-electron chi connectivity index (χ4n) is 1.90. The van der Waals surface area contributed by atoms with Gasteiger partial charge in [-0.2, -0.15) is 17.0 Å². The molecule has 1 fully saturated rings. The third-order valence-corrected chi connectivity index (χ3v) is 4.90. The summed E-state index contributed by atoms with van der Waals surface area (Å²) < 4.78 is 0. The Morgan fingerprint density at radius 3 is 2.58 bits per heavy atom. The standard InChI is InChI=1S/C13H14N2O2S2/c1-9-2-3-11(19-9)12(16)10(8-14)13(17)15-4-6-18-7-5-15/h2-3,10H,4-7H2,1H3. The van der Waals surface area contributed by atoms with E-state index in [1.807, 2.05) is 19.1 Å². The molecule has 2 heterocycles. The second-order valence-corrected chi connectivity index (χ2v) is 6.79. The second-order valence-electron chi connectivity index (χ2n) is 4.27. The average molecular weight is 294 g/mol. The van der Waals surface area contributed by atoms with E-state index in [4.69, 9.17) is 5.26 Å². The molecule has 19 heavy (non-hydrogen) atoms. The number of aryl methyl sites for hydroxylation is 1. The molecule has 0 radical (unpaired) electrons. The highest BCUT2D eigenvalue weighted by Crippen LogP contribution is 2.21. The van der Waals surface area contributed by atoms with Crippen LogP contribution in [0.5, 0.6) is 0 Å². The smallest absolute Gasteiger partial charge is 0.248 e. The Morgan fingerprint density at radius 1 is 1.37 bits per heavy atom. The molecule has 0 spiro atoms. The van der Waals surface area contributed by atoms with E-state index < -0.39 is 5.92 Å². The van der Waals surface area contributed by atoms with Crippen molar-refractivity contribution < 1.29 is 9.59 Å². The van der Waals surface area contributed by atoms with Crippen LogP contribution in [0, 0.1) is 24.2 Å². The number of nitrogens with zero attached hydrogens (tertiary/aromatic N) is 2. The molecule has 1 aliphatic rings. The van der Waals surface area contributed by atoms with Crippen molar-refractivity contribution in [1.29, 1.82) is 5.26 Å². The molecule has 6 heteroatoms. The third-order valence-electron chi connectivity index (χ3n) is 2.94. The predicted octanol–water partition coefficient (Wildman–Crippen LogP) is 1.95. The third kappa shape index (κ3) is 3.17. The van der Waals surface area contributed by atoms with Crippen LogP contribution in [0.15, 0.2) is 12.1 Å². The van der Waals surface area contributed by atoms with Crippen LogP contribution < -0.4 is 0 Å².